The van der Waals surface area contributed by atoms with Crippen LogP contribution in [0.15, 0.2) is 4.99 Å². The number of hydrogen-bond donors (Lipinski definition) is 15. The second kappa shape index (κ2) is 33.6. The second-order valence-electron chi connectivity index (χ2n) is 18.7. The lowest BCUT2D eigenvalue weighted by atomic mass is 9.94. The van der Waals surface area contributed by atoms with Crippen LogP contribution in [0.25, 0.3) is 0 Å². The Kier molecular flexibility index (Phi) is 30.3. The van der Waals surface area contributed by atoms with Crippen molar-refractivity contribution in [3.63, 3.8) is 0 Å². The molecule has 0 rings (SSSR count). The average molecular weight is 1060 g/mol. The van der Waals surface area contributed by atoms with E-state index in [4.69, 9.17) is 22.9 Å². The van der Waals surface area contributed by atoms with Crippen molar-refractivity contribution >= 4 is 77.0 Å². The lowest BCUT2D eigenvalue weighted by molar-refractivity contribution is -0.142. The topological polar surface area (TPSA) is 470 Å². The summed E-state index contributed by atoms with van der Waals surface area (Å²) in [5.41, 5.74) is 21.7. The van der Waals surface area contributed by atoms with E-state index < -0.39 is 175 Å². The fraction of sp³-hybridized carbons (Fsp3) is 0.717. The molecule has 0 unspecified atom stereocenters. The highest BCUT2D eigenvalue weighted by molar-refractivity contribution is 5.99. The number of guanidine groups is 1. The van der Waals surface area contributed by atoms with Gasteiger partial charge in [0.1, 0.15) is 48.3 Å². The summed E-state index contributed by atoms with van der Waals surface area (Å²) in [6, 6.07) is -12.2. The molecule has 0 spiro atoms. The van der Waals surface area contributed by atoms with Gasteiger partial charge in [0.25, 0.3) is 0 Å². The molecule has 0 aromatic carbocycles. The van der Waals surface area contributed by atoms with Gasteiger partial charge < -0.3 is 81.0 Å². The van der Waals surface area contributed by atoms with Gasteiger partial charge in [0.05, 0.1) is 19.0 Å². The zero-order chi connectivity index (χ0) is 57.2. The number of amides is 10. The van der Waals surface area contributed by atoms with Crippen molar-refractivity contribution in [3.05, 3.63) is 0 Å². The van der Waals surface area contributed by atoms with Crippen molar-refractivity contribution in [1.82, 2.24) is 47.9 Å². The highest BCUT2D eigenvalue weighted by Gasteiger charge is 2.38. The van der Waals surface area contributed by atoms with E-state index in [1.54, 1.807) is 55.4 Å². The summed E-state index contributed by atoms with van der Waals surface area (Å²) in [6.45, 7) is 15.3. The van der Waals surface area contributed by atoms with Gasteiger partial charge in [-0.15, -0.1) is 0 Å². The third-order valence-electron chi connectivity index (χ3n) is 12.1. The van der Waals surface area contributed by atoms with Gasteiger partial charge in [-0.1, -0.05) is 74.7 Å². The Morgan fingerprint density at radius 2 is 0.892 bits per heavy atom. The molecular weight excluding hydrogens is 973 g/mol. The number of aliphatic carboxylic acids is 2. The van der Waals surface area contributed by atoms with Crippen LogP contribution in [-0.2, 0) is 57.5 Å². The number of carbonyl (C=O) groups excluding carboxylic acids is 10. The normalized spacial score (nSPS) is 15.9. The molecule has 420 valence electrons. The van der Waals surface area contributed by atoms with Gasteiger partial charge in [-0.05, 0) is 56.8 Å². The Bertz CT molecular complexity index is 2000. The first-order chi connectivity index (χ1) is 34.4. The third kappa shape index (κ3) is 24.5. The molecular formula is C46H82N14O14. The zero-order valence-corrected chi connectivity index (χ0v) is 44.1. The maximum absolute atomic E-state index is 14.2. The molecule has 10 amide bonds. The summed E-state index contributed by atoms with van der Waals surface area (Å²) in [7, 11) is 0. The fourth-order valence-electron chi connectivity index (χ4n) is 6.81. The van der Waals surface area contributed by atoms with E-state index in [-0.39, 0.29) is 31.8 Å². The quantitative estimate of drug-likeness (QED) is 0.0163. The first-order valence-corrected chi connectivity index (χ1v) is 24.7. The number of primary amides is 1. The Labute approximate surface area is 431 Å². The number of carbonyl (C=O) groups is 12. The van der Waals surface area contributed by atoms with E-state index in [1.807, 2.05) is 0 Å². The van der Waals surface area contributed by atoms with Gasteiger partial charge in [-0.2, -0.15) is 0 Å². The third-order valence-corrected chi connectivity index (χ3v) is 12.1. The highest BCUT2D eigenvalue weighted by atomic mass is 16.4. The van der Waals surface area contributed by atoms with Crippen LogP contribution in [0.5, 0.6) is 0 Å². The van der Waals surface area contributed by atoms with Crippen molar-refractivity contribution in [1.29, 1.82) is 0 Å². The molecule has 28 nitrogen and oxygen atoms in total. The van der Waals surface area contributed by atoms with Gasteiger partial charge in [0.2, 0.25) is 59.1 Å². The summed E-state index contributed by atoms with van der Waals surface area (Å²) in [6.07, 6.45) is -1.06. The Balaban J connectivity index is 6.76. The molecule has 0 aliphatic rings. The van der Waals surface area contributed by atoms with Crippen LogP contribution >= 0.6 is 0 Å². The molecule has 0 aliphatic heterocycles. The van der Waals surface area contributed by atoms with Gasteiger partial charge >= 0.3 is 11.9 Å². The van der Waals surface area contributed by atoms with E-state index in [2.05, 4.69) is 52.8 Å². The maximum Gasteiger partial charge on any atom is 0.305 e. The van der Waals surface area contributed by atoms with Gasteiger partial charge in [-0.3, -0.25) is 62.5 Å². The minimum Gasteiger partial charge on any atom is -0.481 e. The summed E-state index contributed by atoms with van der Waals surface area (Å²) in [5.74, 6) is -14.3. The molecule has 28 heteroatoms. The minimum atomic E-state index is -1.81. The molecule has 0 radical (unpaired) electrons. The number of carboxylic acid groups (broad SMARTS) is 2. The van der Waals surface area contributed by atoms with Crippen LogP contribution < -0.4 is 70.8 Å². The smallest absolute Gasteiger partial charge is 0.305 e. The van der Waals surface area contributed by atoms with Gasteiger partial charge in [-0.25, -0.2) is 0 Å². The number of nitrogens with two attached hydrogens (primary N) is 4. The summed E-state index contributed by atoms with van der Waals surface area (Å²) >= 11 is 0. The van der Waals surface area contributed by atoms with Crippen molar-refractivity contribution < 1.29 is 67.7 Å². The minimum absolute atomic E-state index is 0.0102. The zero-order valence-electron chi connectivity index (χ0n) is 44.1. The maximum atomic E-state index is 14.2. The first-order valence-electron chi connectivity index (χ1n) is 24.7. The molecule has 0 aromatic rings. The van der Waals surface area contributed by atoms with Crippen LogP contribution in [0.2, 0.25) is 0 Å². The molecule has 12 atom stereocenters. The van der Waals surface area contributed by atoms with E-state index in [0.717, 1.165) is 0 Å². The molecule has 19 N–H and O–H groups in total. The van der Waals surface area contributed by atoms with Crippen molar-refractivity contribution in [3.8, 4) is 0 Å². The Hall–Kier alpha value is -7.13. The standard InChI is InChI=1S/C46H82N14O14/c1-11-22(6)34(43(72)53-26(10)37(48)66)60-45(74)36(24(8)13-3)59-41(70)29(19-32(64)65)56-42(71)33(21(4)5)57-44(73)35(23(7)12-2)58-40(69)27(15-14-18-51-46(49)50)55-39(68)28(16-17-31(62)63)54-30(61)20-52-38(67)25(9)47/h21-29,33-36H,11-20,47H2,1-10H3,(H2,48,66)(H,52,67)(H,53,72)(H,54,61)(H,55,68)(H,56,71)(H,57,73)(H,58,69)(H,59,70)(H,60,74)(H,62,63)(H,64,65)(H4,49,50,51)/t22-,23-,24-,25-,26-,27-,28-,29-,33-,34-,35-,36-/m0/s1. The second-order valence-corrected chi connectivity index (χ2v) is 18.7. The number of carboxylic acids is 2. The van der Waals surface area contributed by atoms with Crippen LogP contribution in [0.3, 0.4) is 0 Å². The van der Waals surface area contributed by atoms with E-state index in [0.29, 0.717) is 12.8 Å². The number of hydrogen-bond acceptors (Lipinski definition) is 14. The monoisotopic (exact) mass is 1050 g/mol. The van der Waals surface area contributed by atoms with Crippen molar-refractivity contribution in [2.75, 3.05) is 13.1 Å². The van der Waals surface area contributed by atoms with Crippen LogP contribution in [-0.4, -0.2) is 155 Å². The van der Waals surface area contributed by atoms with Crippen LogP contribution in [0.4, 0.5) is 0 Å². The summed E-state index contributed by atoms with van der Waals surface area (Å²) in [5, 5.41) is 41.4. The Morgan fingerprint density at radius 1 is 0.486 bits per heavy atom. The van der Waals surface area contributed by atoms with Crippen LogP contribution in [0.1, 0.15) is 121 Å². The number of nitrogens with zero attached hydrogens (tertiary/aromatic N) is 1. The van der Waals surface area contributed by atoms with Crippen molar-refractivity contribution in [2.45, 2.75) is 175 Å². The Morgan fingerprint density at radius 3 is 1.31 bits per heavy atom. The fourth-order valence-corrected chi connectivity index (χ4v) is 6.81. The van der Waals surface area contributed by atoms with E-state index in [1.165, 1.54) is 13.8 Å². The average Bonchev–Trinajstić information content (AvgIpc) is 3.32. The highest BCUT2D eigenvalue weighted by Crippen LogP contribution is 2.15. The number of rotatable bonds is 35. The van der Waals surface area contributed by atoms with E-state index in [9.17, 15) is 67.7 Å². The lowest BCUT2D eigenvalue weighted by Gasteiger charge is -2.31. The summed E-state index contributed by atoms with van der Waals surface area (Å²) in [4.78, 5) is 161. The largest absolute Gasteiger partial charge is 0.481 e. The number of nitrogens with one attached hydrogen (secondary N) is 9. The van der Waals surface area contributed by atoms with Gasteiger partial charge in [0, 0.05) is 13.0 Å². The molecule has 0 aromatic heterocycles. The molecule has 0 saturated carbocycles. The predicted molar refractivity (Wildman–Crippen MR) is 269 cm³/mol. The predicted octanol–water partition coefficient (Wildman–Crippen LogP) is -3.98. The molecule has 0 fully saturated rings. The summed E-state index contributed by atoms with van der Waals surface area (Å²) < 4.78 is 0. The molecule has 0 bridgehead atoms. The van der Waals surface area contributed by atoms with Crippen molar-refractivity contribution in [2.24, 2.45) is 51.6 Å². The van der Waals surface area contributed by atoms with Crippen LogP contribution in [0, 0.1) is 23.7 Å². The molecule has 0 heterocycles. The SMILES string of the molecule is CC[C@H](C)[C@H](NC(=O)[C@H](CCCN=C(N)N)NC(=O)[C@H](CCC(=O)O)NC(=O)CNC(=O)[C@H](C)N)C(=O)N[C@H](C(=O)N[C@@H](CC(=O)O)C(=O)N[C@H](C(=O)N[C@H](C(=O)N[C@@H](C)C(N)=O)[C@@H](C)CC)[C@@H](C)CC)C(C)C. The lowest BCUT2D eigenvalue weighted by Crippen LogP contribution is -2.62. The molecule has 0 saturated heterocycles. The van der Waals surface area contributed by atoms with E-state index >= 15 is 0 Å². The van der Waals surface area contributed by atoms with Gasteiger partial charge in [0.15, 0.2) is 5.96 Å². The first kappa shape index (κ1) is 66.9. The molecule has 0 aliphatic carbocycles. The number of aliphatic imine (C=N–C) groups is 1. The molecule has 74 heavy (non-hydrogen) atoms.